The summed E-state index contributed by atoms with van der Waals surface area (Å²) >= 11 is 0. The maximum Gasteiger partial charge on any atom is 0.472 e. The predicted molar refractivity (Wildman–Crippen MR) is 409 cm³/mol. The van der Waals surface area contributed by atoms with Crippen molar-refractivity contribution in [2.24, 2.45) is 0 Å². The Hall–Kier alpha value is -3.76. The van der Waals surface area contributed by atoms with Crippen LogP contribution in [0.2, 0.25) is 0 Å². The molecular formula is C81H144O17P2. The quantitative estimate of drug-likeness (QED) is 0.0169. The Kier molecular flexibility index (Phi) is 70.8. The third-order valence-electron chi connectivity index (χ3n) is 16.9. The molecule has 17 nitrogen and oxygen atoms in total. The zero-order valence-electron chi connectivity index (χ0n) is 63.4. The molecule has 0 radical (unpaired) electrons. The van der Waals surface area contributed by atoms with Crippen LogP contribution in [0.15, 0.2) is 85.1 Å². The Bertz CT molecular complexity index is 2230. The molecule has 0 aromatic rings. The summed E-state index contributed by atoms with van der Waals surface area (Å²) in [7, 11) is -9.95. The molecule has 0 aliphatic carbocycles. The summed E-state index contributed by atoms with van der Waals surface area (Å²) in [4.78, 5) is 72.9. The molecule has 0 aliphatic heterocycles. The van der Waals surface area contributed by atoms with Crippen molar-refractivity contribution >= 4 is 39.5 Å². The molecule has 0 rings (SSSR count). The summed E-state index contributed by atoms with van der Waals surface area (Å²) in [6, 6.07) is 0. The summed E-state index contributed by atoms with van der Waals surface area (Å²) < 4.78 is 68.5. The monoisotopic (exact) mass is 1450 g/mol. The lowest BCUT2D eigenvalue weighted by atomic mass is 10.0. The molecule has 100 heavy (non-hydrogen) atoms. The minimum Gasteiger partial charge on any atom is -0.462 e. The van der Waals surface area contributed by atoms with Gasteiger partial charge in [0, 0.05) is 25.7 Å². The van der Waals surface area contributed by atoms with Gasteiger partial charge in [0.2, 0.25) is 0 Å². The minimum absolute atomic E-state index is 0.0819. The average molecular weight is 1450 g/mol. The van der Waals surface area contributed by atoms with Gasteiger partial charge in [-0.1, -0.05) is 312 Å². The maximum absolute atomic E-state index is 13.1. The van der Waals surface area contributed by atoms with Crippen LogP contribution >= 0.6 is 15.6 Å². The standard InChI is InChI=1S/C81H144O17P2/c1-5-9-13-17-21-25-29-33-35-36-37-38-40-44-46-50-54-58-62-66-79(84)92-72-77(98-81(86)68-64-60-56-52-48-42-32-28-24-20-16-12-8-4)74-96-100(89,90)94-70-75(82)69-93-99(87,88)95-73-76(97-80(85)67-63-59-55-51-47-41-31-27-23-19-15-11-7-3)71-91-78(83)65-61-57-53-49-45-43-39-34-30-26-22-18-14-10-6-2/h9,13,15,19,21,25,27,31,33,35,37-38,44,46,75-77,82H,5-8,10-12,14,16-18,20,22-24,26,28-30,32,34,36,39-43,45,47-74H2,1-4H3,(H,87,88)(H,89,90)/b13-9-,19-15-,25-21-,31-27-,35-33-,38-37-,46-44-. The molecule has 0 spiro atoms. The van der Waals surface area contributed by atoms with Crippen molar-refractivity contribution in [3.8, 4) is 0 Å². The zero-order valence-corrected chi connectivity index (χ0v) is 65.2. The van der Waals surface area contributed by atoms with Gasteiger partial charge in [-0.05, 0) is 96.3 Å². The van der Waals surface area contributed by atoms with Gasteiger partial charge >= 0.3 is 39.5 Å². The van der Waals surface area contributed by atoms with E-state index in [0.29, 0.717) is 25.7 Å². The number of phosphoric ester groups is 2. The number of carbonyl (C=O) groups is 4. The lowest BCUT2D eigenvalue weighted by Gasteiger charge is -2.21. The third kappa shape index (κ3) is 72.6. The van der Waals surface area contributed by atoms with Crippen molar-refractivity contribution in [2.45, 2.75) is 367 Å². The van der Waals surface area contributed by atoms with Crippen molar-refractivity contribution in [2.75, 3.05) is 39.6 Å². The third-order valence-corrected chi connectivity index (χ3v) is 18.8. The summed E-state index contributed by atoms with van der Waals surface area (Å²) in [6.07, 6.45) is 75.6. The van der Waals surface area contributed by atoms with E-state index < -0.39 is 97.5 Å². The second-order valence-corrected chi connectivity index (χ2v) is 29.5. The van der Waals surface area contributed by atoms with E-state index in [-0.39, 0.29) is 25.7 Å². The van der Waals surface area contributed by atoms with E-state index in [0.717, 1.165) is 148 Å². The molecule has 0 bridgehead atoms. The molecule has 0 saturated heterocycles. The molecule has 0 saturated carbocycles. The highest BCUT2D eigenvalue weighted by molar-refractivity contribution is 7.47. The smallest absolute Gasteiger partial charge is 0.462 e. The number of rotatable bonds is 75. The molecule has 0 fully saturated rings. The topological polar surface area (TPSA) is 237 Å². The number of aliphatic hydroxyl groups is 1. The number of ether oxygens (including phenoxy) is 4. The summed E-state index contributed by atoms with van der Waals surface area (Å²) in [5, 5.41) is 10.6. The van der Waals surface area contributed by atoms with E-state index in [4.69, 9.17) is 37.0 Å². The molecule has 0 heterocycles. The summed E-state index contributed by atoms with van der Waals surface area (Å²) in [6.45, 7) is 4.70. The van der Waals surface area contributed by atoms with E-state index in [1.807, 2.05) is 0 Å². The van der Waals surface area contributed by atoms with Gasteiger partial charge in [-0.3, -0.25) is 37.3 Å². The largest absolute Gasteiger partial charge is 0.472 e. The number of carbonyl (C=O) groups excluding carboxylic acids is 4. The fourth-order valence-corrected chi connectivity index (χ4v) is 12.4. The van der Waals surface area contributed by atoms with Crippen LogP contribution in [0.3, 0.4) is 0 Å². The van der Waals surface area contributed by atoms with Crippen LogP contribution in [0, 0.1) is 0 Å². The second-order valence-electron chi connectivity index (χ2n) is 26.6. The van der Waals surface area contributed by atoms with Crippen LogP contribution in [-0.2, 0) is 65.4 Å². The zero-order chi connectivity index (χ0) is 73.2. The van der Waals surface area contributed by atoms with Crippen LogP contribution < -0.4 is 0 Å². The van der Waals surface area contributed by atoms with Gasteiger partial charge in [0.15, 0.2) is 12.2 Å². The first kappa shape index (κ1) is 96.2. The number of hydrogen-bond donors (Lipinski definition) is 3. The molecule has 580 valence electrons. The van der Waals surface area contributed by atoms with Crippen molar-refractivity contribution in [1.82, 2.24) is 0 Å². The van der Waals surface area contributed by atoms with Gasteiger partial charge in [0.05, 0.1) is 26.4 Å². The van der Waals surface area contributed by atoms with Crippen LogP contribution in [0.5, 0.6) is 0 Å². The minimum atomic E-state index is -4.98. The van der Waals surface area contributed by atoms with E-state index in [1.54, 1.807) is 0 Å². The van der Waals surface area contributed by atoms with E-state index in [1.165, 1.54) is 122 Å². The lowest BCUT2D eigenvalue weighted by Crippen LogP contribution is -2.30. The van der Waals surface area contributed by atoms with Gasteiger partial charge < -0.3 is 33.8 Å². The number of phosphoric acid groups is 2. The van der Waals surface area contributed by atoms with Crippen molar-refractivity contribution in [1.29, 1.82) is 0 Å². The first-order valence-corrected chi connectivity index (χ1v) is 42.8. The highest BCUT2D eigenvalue weighted by Gasteiger charge is 2.30. The summed E-state index contributed by atoms with van der Waals surface area (Å²) in [5.74, 6) is -2.20. The molecule has 5 unspecified atom stereocenters. The van der Waals surface area contributed by atoms with E-state index >= 15 is 0 Å². The summed E-state index contributed by atoms with van der Waals surface area (Å²) in [5.41, 5.74) is 0. The van der Waals surface area contributed by atoms with Gasteiger partial charge in [-0.15, -0.1) is 0 Å². The number of unbranched alkanes of at least 4 members (excludes halogenated alkanes) is 35. The molecule has 3 N–H and O–H groups in total. The molecule has 0 aromatic carbocycles. The molecular weight excluding hydrogens is 1310 g/mol. The molecule has 19 heteroatoms. The first-order valence-electron chi connectivity index (χ1n) is 39.8. The molecule has 5 atom stereocenters. The number of esters is 4. The Balaban J connectivity index is 5.34. The Labute approximate surface area is 608 Å². The van der Waals surface area contributed by atoms with Crippen molar-refractivity contribution < 1.29 is 80.2 Å². The fraction of sp³-hybridized carbons (Fsp3) is 0.778. The van der Waals surface area contributed by atoms with Gasteiger partial charge in [0.1, 0.15) is 19.3 Å². The van der Waals surface area contributed by atoms with Gasteiger partial charge in [-0.2, -0.15) is 0 Å². The van der Waals surface area contributed by atoms with Crippen LogP contribution in [0.4, 0.5) is 0 Å². The van der Waals surface area contributed by atoms with Crippen LogP contribution in [-0.4, -0.2) is 96.7 Å². The SMILES string of the molecule is CC/C=C\C/C=C\C/C=C\C/C=C\C/C=C\CCCCCC(=O)OCC(COP(=O)(O)OCC(O)COP(=O)(O)OCC(COC(=O)CCCCCCCCCCCCCCCCC)OC(=O)CCCCCCC/C=C\C/C=C\CCC)OC(=O)CCCCCCCCCCCCCCC. The molecule has 0 aliphatic rings. The highest BCUT2D eigenvalue weighted by atomic mass is 31.2. The Morgan fingerprint density at radius 3 is 0.850 bits per heavy atom. The lowest BCUT2D eigenvalue weighted by molar-refractivity contribution is -0.161. The highest BCUT2D eigenvalue weighted by Crippen LogP contribution is 2.45. The van der Waals surface area contributed by atoms with Crippen molar-refractivity contribution in [3.63, 3.8) is 0 Å². The maximum atomic E-state index is 13.1. The predicted octanol–water partition coefficient (Wildman–Crippen LogP) is 23.0. The normalized spacial score (nSPS) is 14.3. The Morgan fingerprint density at radius 2 is 0.540 bits per heavy atom. The van der Waals surface area contributed by atoms with Gasteiger partial charge in [-0.25, -0.2) is 9.13 Å². The van der Waals surface area contributed by atoms with Gasteiger partial charge in [0.25, 0.3) is 0 Å². The fourth-order valence-electron chi connectivity index (χ4n) is 10.8. The number of hydrogen-bond acceptors (Lipinski definition) is 15. The van der Waals surface area contributed by atoms with E-state index in [2.05, 4.69) is 113 Å². The van der Waals surface area contributed by atoms with Crippen molar-refractivity contribution in [3.05, 3.63) is 85.1 Å². The number of allylic oxidation sites excluding steroid dienone is 14. The molecule has 0 aromatic heterocycles. The average Bonchev–Trinajstić information content (AvgIpc) is 0.935. The van der Waals surface area contributed by atoms with Crippen LogP contribution in [0.1, 0.15) is 349 Å². The number of aliphatic hydroxyl groups excluding tert-OH is 1. The second kappa shape index (κ2) is 73.5. The Morgan fingerprint density at radius 1 is 0.290 bits per heavy atom. The van der Waals surface area contributed by atoms with Crippen LogP contribution in [0.25, 0.3) is 0 Å². The molecule has 0 amide bonds. The van der Waals surface area contributed by atoms with E-state index in [9.17, 15) is 43.2 Å². The first-order chi connectivity index (χ1) is 48.7.